The van der Waals surface area contributed by atoms with Crippen molar-refractivity contribution < 1.29 is 5.11 Å². The van der Waals surface area contributed by atoms with Crippen molar-refractivity contribution in [2.45, 2.75) is 19.3 Å². The Hall–Kier alpha value is -1.07. The molecule has 1 atom stereocenters. The lowest BCUT2D eigenvalue weighted by atomic mass is 10.1. The Morgan fingerprint density at radius 3 is 3.06 bits per heavy atom. The lowest BCUT2D eigenvalue weighted by Gasteiger charge is -2.12. The maximum atomic E-state index is 9.63. The third kappa shape index (κ3) is 1.91. The van der Waals surface area contributed by atoms with E-state index in [2.05, 4.69) is 32.7 Å². The van der Waals surface area contributed by atoms with Crippen LogP contribution < -0.4 is 0 Å². The summed E-state index contributed by atoms with van der Waals surface area (Å²) in [6.07, 6.45) is 2.88. The highest BCUT2D eigenvalue weighted by atomic mass is 79.9. The second-order valence-corrected chi connectivity index (χ2v) is 5.53. The number of rotatable bonds is 2. The van der Waals surface area contributed by atoms with E-state index in [1.807, 2.05) is 10.5 Å². The molecule has 1 aliphatic rings. The maximum absolute atomic E-state index is 9.63. The Bertz CT molecular complexity index is 581. The molecule has 0 bridgehead atoms. The summed E-state index contributed by atoms with van der Waals surface area (Å²) < 4.78 is 2.86. The number of aromatic nitrogens is 2. The predicted octanol–water partition coefficient (Wildman–Crippen LogP) is 2.61. The van der Waals surface area contributed by atoms with E-state index >= 15 is 0 Å². The van der Waals surface area contributed by atoms with Gasteiger partial charge in [-0.3, -0.25) is 4.40 Å². The maximum Gasteiger partial charge on any atom is 0.132 e. The highest BCUT2D eigenvalue weighted by molar-refractivity contribution is 9.10. The summed E-state index contributed by atoms with van der Waals surface area (Å²) in [7, 11) is 0. The molecule has 1 saturated heterocycles. The number of imidazole rings is 1. The number of likely N-dealkylation sites (N-methyl/N-ethyl adjacent to an activating group) is 1. The van der Waals surface area contributed by atoms with E-state index in [9.17, 15) is 5.11 Å². The van der Waals surface area contributed by atoms with Crippen LogP contribution >= 0.6 is 15.9 Å². The van der Waals surface area contributed by atoms with E-state index < -0.39 is 0 Å². The van der Waals surface area contributed by atoms with E-state index in [1.165, 1.54) is 0 Å². The molecule has 3 heterocycles. The smallest absolute Gasteiger partial charge is 0.132 e. The minimum atomic E-state index is 0.277. The molecule has 3 rings (SSSR count). The van der Waals surface area contributed by atoms with Crippen LogP contribution in [0.1, 0.15) is 25.1 Å². The van der Waals surface area contributed by atoms with Gasteiger partial charge in [0.1, 0.15) is 16.2 Å². The average Bonchev–Trinajstić information content (AvgIpc) is 2.94. The first-order valence-corrected chi connectivity index (χ1v) is 7.07. The van der Waals surface area contributed by atoms with Crippen molar-refractivity contribution in [3.05, 3.63) is 28.8 Å². The quantitative estimate of drug-likeness (QED) is 0.927. The fourth-order valence-corrected chi connectivity index (χ4v) is 3.18. The summed E-state index contributed by atoms with van der Waals surface area (Å²) >= 11 is 3.49. The van der Waals surface area contributed by atoms with Gasteiger partial charge in [-0.15, -0.1) is 0 Å². The van der Waals surface area contributed by atoms with Crippen LogP contribution in [0.4, 0.5) is 0 Å². The van der Waals surface area contributed by atoms with Gasteiger partial charge >= 0.3 is 0 Å². The van der Waals surface area contributed by atoms with Gasteiger partial charge in [-0.25, -0.2) is 4.98 Å². The molecule has 1 N–H and O–H groups in total. The van der Waals surface area contributed by atoms with Crippen LogP contribution in [0, 0.1) is 0 Å². The van der Waals surface area contributed by atoms with Gasteiger partial charge in [-0.2, -0.15) is 0 Å². The van der Waals surface area contributed by atoms with Crippen molar-refractivity contribution in [1.29, 1.82) is 0 Å². The molecule has 2 aromatic rings. The summed E-state index contributed by atoms with van der Waals surface area (Å²) in [5.41, 5.74) is 1.01. The highest BCUT2D eigenvalue weighted by Crippen LogP contribution is 2.30. The van der Waals surface area contributed by atoms with E-state index in [0.717, 1.165) is 42.0 Å². The lowest BCUT2D eigenvalue weighted by Crippen LogP contribution is -2.19. The molecule has 18 heavy (non-hydrogen) atoms. The molecule has 0 spiro atoms. The predicted molar refractivity (Wildman–Crippen MR) is 74.0 cm³/mol. The number of nitrogens with zero attached hydrogens (tertiary/aromatic N) is 3. The zero-order chi connectivity index (χ0) is 12.7. The third-order valence-electron chi connectivity index (χ3n) is 3.69. The van der Waals surface area contributed by atoms with Crippen molar-refractivity contribution in [1.82, 2.24) is 14.3 Å². The normalized spacial score (nSPS) is 20.9. The van der Waals surface area contributed by atoms with E-state index in [4.69, 9.17) is 0 Å². The largest absolute Gasteiger partial charge is 0.506 e. The number of hydrogen-bond acceptors (Lipinski definition) is 3. The van der Waals surface area contributed by atoms with Crippen LogP contribution in [-0.2, 0) is 0 Å². The van der Waals surface area contributed by atoms with E-state index in [-0.39, 0.29) is 5.75 Å². The van der Waals surface area contributed by atoms with Crippen molar-refractivity contribution >= 4 is 21.4 Å². The first kappa shape index (κ1) is 12.0. The zero-order valence-electron chi connectivity index (χ0n) is 10.3. The monoisotopic (exact) mass is 309 g/mol. The molecule has 0 radical (unpaired) electrons. The van der Waals surface area contributed by atoms with Crippen LogP contribution in [-0.4, -0.2) is 39.0 Å². The molecular weight excluding hydrogens is 294 g/mol. The number of likely N-dealkylation sites (tertiary alicyclic amines) is 1. The Morgan fingerprint density at radius 2 is 2.33 bits per heavy atom. The van der Waals surface area contributed by atoms with Crippen molar-refractivity contribution in [3.63, 3.8) is 0 Å². The van der Waals surface area contributed by atoms with Crippen LogP contribution in [0.25, 0.3) is 5.52 Å². The van der Waals surface area contributed by atoms with Crippen molar-refractivity contribution in [3.8, 4) is 5.75 Å². The van der Waals surface area contributed by atoms with Gasteiger partial charge in [0.2, 0.25) is 0 Å². The first-order valence-electron chi connectivity index (χ1n) is 6.28. The Labute approximate surface area is 114 Å². The summed E-state index contributed by atoms with van der Waals surface area (Å²) in [6, 6.07) is 3.58. The third-order valence-corrected chi connectivity index (χ3v) is 4.27. The minimum absolute atomic E-state index is 0.277. The van der Waals surface area contributed by atoms with Crippen molar-refractivity contribution in [2.24, 2.45) is 0 Å². The van der Waals surface area contributed by atoms with Gasteiger partial charge in [0.15, 0.2) is 0 Å². The standard InChI is InChI=1S/C13H16BrN3O/c1-2-16-6-5-9(7-16)13-15-12(14)11-4-3-10(18)8-17(11)13/h3-4,8-9,18H,2,5-7H2,1H3. The summed E-state index contributed by atoms with van der Waals surface area (Å²) in [5.74, 6) is 1.77. The number of pyridine rings is 1. The second-order valence-electron chi connectivity index (χ2n) is 4.78. The molecular formula is C13H16BrN3O. The molecule has 5 heteroatoms. The van der Waals surface area contributed by atoms with Crippen LogP contribution in [0.15, 0.2) is 22.9 Å². The summed E-state index contributed by atoms with van der Waals surface area (Å²) in [6.45, 7) is 5.46. The van der Waals surface area contributed by atoms with Gasteiger partial charge in [-0.05, 0) is 47.6 Å². The molecule has 96 valence electrons. The van der Waals surface area contributed by atoms with Gasteiger partial charge in [0, 0.05) is 12.5 Å². The number of aromatic hydroxyl groups is 1. The summed E-state index contributed by atoms with van der Waals surface area (Å²) in [5, 5.41) is 9.63. The first-order chi connectivity index (χ1) is 8.69. The fraction of sp³-hybridized carbons (Fsp3) is 0.462. The number of hydrogen-bond donors (Lipinski definition) is 1. The SMILES string of the molecule is CCN1CCC(c2nc(Br)c3ccc(O)cn23)C1. The number of fused-ring (bicyclic) bond motifs is 1. The highest BCUT2D eigenvalue weighted by Gasteiger charge is 2.27. The average molecular weight is 310 g/mol. The molecule has 2 aromatic heterocycles. The van der Waals surface area contributed by atoms with Gasteiger partial charge in [0.05, 0.1) is 11.7 Å². The topological polar surface area (TPSA) is 40.8 Å². The van der Waals surface area contributed by atoms with Crippen LogP contribution in [0.2, 0.25) is 0 Å². The fourth-order valence-electron chi connectivity index (χ4n) is 2.68. The van der Waals surface area contributed by atoms with Gasteiger partial charge in [-0.1, -0.05) is 6.92 Å². The second kappa shape index (κ2) is 4.55. The molecule has 1 aliphatic heterocycles. The zero-order valence-corrected chi connectivity index (χ0v) is 11.9. The molecule has 0 saturated carbocycles. The molecule has 4 nitrogen and oxygen atoms in total. The molecule has 0 aromatic carbocycles. The molecule has 1 unspecified atom stereocenters. The van der Waals surface area contributed by atoms with E-state index in [0.29, 0.717) is 5.92 Å². The molecule has 0 amide bonds. The van der Waals surface area contributed by atoms with Gasteiger partial charge in [0.25, 0.3) is 0 Å². The van der Waals surface area contributed by atoms with Gasteiger partial charge < -0.3 is 10.0 Å². The molecule has 1 fully saturated rings. The van der Waals surface area contributed by atoms with Crippen LogP contribution in [0.5, 0.6) is 5.75 Å². The summed E-state index contributed by atoms with van der Waals surface area (Å²) in [4.78, 5) is 7.06. The van der Waals surface area contributed by atoms with Crippen molar-refractivity contribution in [2.75, 3.05) is 19.6 Å². The Kier molecular flexibility index (Phi) is 3.03. The van der Waals surface area contributed by atoms with E-state index in [1.54, 1.807) is 12.3 Å². The lowest BCUT2D eigenvalue weighted by molar-refractivity contribution is 0.352. The number of halogens is 1. The minimum Gasteiger partial charge on any atom is -0.506 e. The Morgan fingerprint density at radius 1 is 1.50 bits per heavy atom. The van der Waals surface area contributed by atoms with Crippen LogP contribution in [0.3, 0.4) is 0 Å². The Balaban J connectivity index is 2.04. The molecule has 0 aliphatic carbocycles.